The molecule has 26 heavy (non-hydrogen) atoms. The lowest BCUT2D eigenvalue weighted by molar-refractivity contribution is -0.384. The summed E-state index contributed by atoms with van der Waals surface area (Å²) in [4.78, 5) is 49.3. The molecule has 0 radical (unpaired) electrons. The molecule has 3 rings (SSSR count). The van der Waals surface area contributed by atoms with E-state index in [0.29, 0.717) is 11.5 Å². The molecule has 1 aliphatic rings. The molecular weight excluding hydrogens is 362 g/mol. The summed E-state index contributed by atoms with van der Waals surface area (Å²) in [5.41, 5.74) is -2.03. The van der Waals surface area contributed by atoms with Gasteiger partial charge in [-0.15, -0.1) is 0 Å². The van der Waals surface area contributed by atoms with Crippen LogP contribution in [0.15, 0.2) is 29.1 Å². The number of benzene rings is 1. The van der Waals surface area contributed by atoms with Crippen molar-refractivity contribution in [1.29, 1.82) is 0 Å². The van der Waals surface area contributed by atoms with Crippen LogP contribution in [-0.4, -0.2) is 43.9 Å². The van der Waals surface area contributed by atoms with Crippen molar-refractivity contribution < 1.29 is 19.6 Å². The number of carbonyl (C=O) groups is 2. The lowest BCUT2D eigenvalue weighted by Gasteiger charge is -2.33. The van der Waals surface area contributed by atoms with Gasteiger partial charge in [-0.25, -0.2) is 4.79 Å². The fraction of sp³-hybridized carbons (Fsp3) is 0.312. The zero-order valence-electron chi connectivity index (χ0n) is 13.5. The first kappa shape index (κ1) is 17.9. The Morgan fingerprint density at radius 3 is 2.58 bits per heavy atom. The Morgan fingerprint density at radius 1 is 1.27 bits per heavy atom. The van der Waals surface area contributed by atoms with E-state index in [9.17, 15) is 29.6 Å². The van der Waals surface area contributed by atoms with Crippen molar-refractivity contribution in [2.75, 3.05) is 11.5 Å². The third-order valence-corrected chi connectivity index (χ3v) is 5.38. The van der Waals surface area contributed by atoms with Crippen LogP contribution in [0.3, 0.4) is 0 Å². The molecule has 1 aliphatic heterocycles. The molecule has 0 atom stereocenters. The number of thioether (sulfide) groups is 1. The van der Waals surface area contributed by atoms with Crippen LogP contribution in [-0.2, 0) is 4.79 Å². The molecular formula is C16H15N3O6S. The van der Waals surface area contributed by atoms with Gasteiger partial charge in [0.15, 0.2) is 0 Å². The molecule has 2 heterocycles. The van der Waals surface area contributed by atoms with Crippen molar-refractivity contribution in [3.8, 4) is 0 Å². The number of nitrogens with one attached hydrogen (secondary N) is 2. The van der Waals surface area contributed by atoms with Crippen molar-refractivity contribution in [1.82, 2.24) is 10.3 Å². The molecule has 3 N–H and O–H groups in total. The number of nitrogens with zero attached hydrogens (tertiary/aromatic N) is 1. The summed E-state index contributed by atoms with van der Waals surface area (Å²) >= 11 is 1.60. The smallest absolute Gasteiger partial charge is 0.329 e. The van der Waals surface area contributed by atoms with Gasteiger partial charge in [-0.1, -0.05) is 0 Å². The van der Waals surface area contributed by atoms with Gasteiger partial charge in [0, 0.05) is 29.1 Å². The van der Waals surface area contributed by atoms with E-state index in [1.165, 1.54) is 18.2 Å². The van der Waals surface area contributed by atoms with Gasteiger partial charge in [0.25, 0.3) is 11.6 Å². The van der Waals surface area contributed by atoms with Crippen molar-refractivity contribution in [2.24, 2.45) is 0 Å². The number of H-pyrrole nitrogens is 1. The second kappa shape index (κ2) is 6.79. The quantitative estimate of drug-likeness (QED) is 0.541. The molecule has 9 nitrogen and oxygen atoms in total. The maximum atomic E-state index is 12.8. The number of aromatic amines is 1. The maximum Gasteiger partial charge on any atom is 0.329 e. The summed E-state index contributed by atoms with van der Waals surface area (Å²) in [6, 6.07) is 4.77. The fourth-order valence-electron chi connectivity index (χ4n) is 2.94. The SMILES string of the molecule is O=C(NC1(C(=O)O)CCSCC1)c1cc(=O)[nH]c2ccc([N+](=O)[O-])cc12. The van der Waals surface area contributed by atoms with Gasteiger partial charge in [0.2, 0.25) is 5.56 Å². The third kappa shape index (κ3) is 3.27. The number of nitro groups is 1. The second-order valence-corrected chi connectivity index (χ2v) is 7.21. The fourth-order valence-corrected chi connectivity index (χ4v) is 4.13. The third-order valence-electron chi connectivity index (χ3n) is 4.39. The van der Waals surface area contributed by atoms with Gasteiger partial charge < -0.3 is 15.4 Å². The van der Waals surface area contributed by atoms with E-state index in [2.05, 4.69) is 10.3 Å². The van der Waals surface area contributed by atoms with E-state index in [4.69, 9.17) is 0 Å². The van der Waals surface area contributed by atoms with Gasteiger partial charge in [-0.05, 0) is 30.4 Å². The maximum absolute atomic E-state index is 12.8. The minimum Gasteiger partial charge on any atom is -0.480 e. The van der Waals surface area contributed by atoms with Crippen molar-refractivity contribution in [2.45, 2.75) is 18.4 Å². The summed E-state index contributed by atoms with van der Waals surface area (Å²) in [7, 11) is 0. The van der Waals surface area contributed by atoms with Crippen LogP contribution >= 0.6 is 11.8 Å². The summed E-state index contributed by atoms with van der Waals surface area (Å²) < 4.78 is 0. The van der Waals surface area contributed by atoms with Gasteiger partial charge in [0.05, 0.1) is 10.5 Å². The number of fused-ring (bicyclic) bond motifs is 1. The van der Waals surface area contributed by atoms with Gasteiger partial charge >= 0.3 is 5.97 Å². The van der Waals surface area contributed by atoms with Crippen LogP contribution in [0.1, 0.15) is 23.2 Å². The van der Waals surface area contributed by atoms with E-state index in [1.54, 1.807) is 11.8 Å². The first-order valence-electron chi connectivity index (χ1n) is 7.77. The number of hydrogen-bond donors (Lipinski definition) is 3. The first-order chi connectivity index (χ1) is 12.3. The van der Waals surface area contributed by atoms with Gasteiger partial charge in [0.1, 0.15) is 5.54 Å². The zero-order valence-corrected chi connectivity index (χ0v) is 14.3. The number of carboxylic acid groups (broad SMARTS) is 1. The largest absolute Gasteiger partial charge is 0.480 e. The number of amides is 1. The normalized spacial score (nSPS) is 16.2. The van der Waals surface area contributed by atoms with Crippen molar-refractivity contribution in [3.05, 3.63) is 50.3 Å². The van der Waals surface area contributed by atoms with E-state index in [1.807, 2.05) is 0 Å². The van der Waals surface area contributed by atoms with E-state index in [0.717, 1.165) is 6.07 Å². The van der Waals surface area contributed by atoms with Crippen LogP contribution in [0, 0.1) is 10.1 Å². The molecule has 0 saturated carbocycles. The molecule has 1 amide bonds. The molecule has 0 aliphatic carbocycles. The minimum absolute atomic E-state index is 0.0914. The average Bonchev–Trinajstić information content (AvgIpc) is 2.61. The topological polar surface area (TPSA) is 142 Å². The summed E-state index contributed by atoms with van der Waals surface area (Å²) in [6.07, 6.45) is 0.528. The molecule has 1 saturated heterocycles. The predicted molar refractivity (Wildman–Crippen MR) is 95.6 cm³/mol. The zero-order chi connectivity index (χ0) is 18.9. The van der Waals surface area contributed by atoms with Crippen molar-refractivity contribution >= 4 is 40.2 Å². The Labute approximate surface area is 150 Å². The predicted octanol–water partition coefficient (Wildman–Crippen LogP) is 1.52. The lowest BCUT2D eigenvalue weighted by atomic mass is 9.91. The van der Waals surface area contributed by atoms with Crippen molar-refractivity contribution in [3.63, 3.8) is 0 Å². The highest BCUT2D eigenvalue weighted by atomic mass is 32.2. The number of carboxylic acids is 1. The highest BCUT2D eigenvalue weighted by Crippen LogP contribution is 2.29. The van der Waals surface area contributed by atoms with Crippen LogP contribution in [0.25, 0.3) is 10.9 Å². The second-order valence-electron chi connectivity index (χ2n) is 5.99. The summed E-state index contributed by atoms with van der Waals surface area (Å²) in [5.74, 6) is -0.690. The highest BCUT2D eigenvalue weighted by molar-refractivity contribution is 7.99. The Morgan fingerprint density at radius 2 is 1.96 bits per heavy atom. The lowest BCUT2D eigenvalue weighted by Crippen LogP contribution is -2.56. The van der Waals surface area contributed by atoms with Crippen LogP contribution in [0.2, 0.25) is 0 Å². The Bertz CT molecular complexity index is 964. The number of rotatable bonds is 4. The monoisotopic (exact) mass is 377 g/mol. The molecule has 1 fully saturated rings. The molecule has 0 spiro atoms. The average molecular weight is 377 g/mol. The number of hydrogen-bond acceptors (Lipinski definition) is 6. The number of carbonyl (C=O) groups excluding carboxylic acids is 1. The number of pyridine rings is 1. The van der Waals surface area contributed by atoms with E-state index < -0.39 is 27.9 Å². The van der Waals surface area contributed by atoms with E-state index in [-0.39, 0.29) is 35.0 Å². The number of aromatic nitrogens is 1. The summed E-state index contributed by atoms with van der Waals surface area (Å²) in [6.45, 7) is 0. The van der Waals surface area contributed by atoms with Crippen LogP contribution in [0.4, 0.5) is 5.69 Å². The number of aliphatic carboxylic acids is 1. The highest BCUT2D eigenvalue weighted by Gasteiger charge is 2.41. The Kier molecular flexibility index (Phi) is 4.68. The molecule has 2 aromatic rings. The van der Waals surface area contributed by atoms with Crippen LogP contribution < -0.4 is 10.9 Å². The molecule has 0 unspecified atom stereocenters. The molecule has 1 aromatic heterocycles. The first-order valence-corrected chi connectivity index (χ1v) is 8.93. The summed E-state index contributed by atoms with van der Waals surface area (Å²) in [5, 5.41) is 23.3. The molecule has 136 valence electrons. The number of non-ortho nitro benzene ring substituents is 1. The standard InChI is InChI=1S/C16H15N3O6S/c20-13-8-11(10-7-9(19(24)25)1-2-12(10)17-13)14(21)18-16(15(22)23)3-5-26-6-4-16/h1-2,7-8H,3-6H2,(H,17,20)(H,18,21)(H,22,23). The Hall–Kier alpha value is -2.88. The van der Waals surface area contributed by atoms with E-state index >= 15 is 0 Å². The Balaban J connectivity index is 2.07. The molecule has 10 heteroatoms. The number of nitro benzene ring substituents is 1. The molecule has 0 bridgehead atoms. The van der Waals surface area contributed by atoms with Gasteiger partial charge in [-0.3, -0.25) is 19.7 Å². The molecule has 1 aromatic carbocycles. The minimum atomic E-state index is -1.40. The van der Waals surface area contributed by atoms with Gasteiger partial charge in [-0.2, -0.15) is 11.8 Å². The van der Waals surface area contributed by atoms with Crippen LogP contribution in [0.5, 0.6) is 0 Å².